The van der Waals surface area contributed by atoms with E-state index in [4.69, 9.17) is 0 Å². The van der Waals surface area contributed by atoms with E-state index in [1.54, 1.807) is 0 Å². The Balaban J connectivity index is 2.04. The molecular formula is C17H26BrN. The summed E-state index contributed by atoms with van der Waals surface area (Å²) in [7, 11) is 0. The lowest BCUT2D eigenvalue weighted by Gasteiger charge is -2.27. The molecule has 1 fully saturated rings. The molecular weight excluding hydrogens is 298 g/mol. The first-order chi connectivity index (χ1) is 9.15. The summed E-state index contributed by atoms with van der Waals surface area (Å²) in [6, 6.07) is 9.90. The summed E-state index contributed by atoms with van der Waals surface area (Å²) in [5.41, 5.74) is 1.41. The molecule has 1 saturated carbocycles. The SMILES string of the molecule is CCC(NC1CCC(CC)C1C)c1cccc(Br)c1. The summed E-state index contributed by atoms with van der Waals surface area (Å²) in [6.45, 7) is 7.02. The van der Waals surface area contributed by atoms with Crippen molar-refractivity contribution in [1.29, 1.82) is 0 Å². The van der Waals surface area contributed by atoms with Gasteiger partial charge in [0.25, 0.3) is 0 Å². The maximum Gasteiger partial charge on any atom is 0.0320 e. The fraction of sp³-hybridized carbons (Fsp3) is 0.647. The van der Waals surface area contributed by atoms with Crippen molar-refractivity contribution in [3.05, 3.63) is 34.3 Å². The summed E-state index contributed by atoms with van der Waals surface area (Å²) in [5, 5.41) is 3.90. The van der Waals surface area contributed by atoms with E-state index < -0.39 is 0 Å². The maximum absolute atomic E-state index is 3.90. The second kappa shape index (κ2) is 6.90. The molecule has 4 atom stereocenters. The Morgan fingerprint density at radius 3 is 2.68 bits per heavy atom. The van der Waals surface area contributed by atoms with E-state index in [0.29, 0.717) is 12.1 Å². The van der Waals surface area contributed by atoms with E-state index in [0.717, 1.165) is 18.3 Å². The molecule has 1 aliphatic carbocycles. The Labute approximate surface area is 126 Å². The van der Waals surface area contributed by atoms with Crippen molar-refractivity contribution in [3.8, 4) is 0 Å². The second-order valence-corrected chi connectivity index (χ2v) is 6.81. The van der Waals surface area contributed by atoms with Crippen molar-refractivity contribution in [1.82, 2.24) is 5.32 Å². The highest BCUT2D eigenvalue weighted by molar-refractivity contribution is 9.10. The van der Waals surface area contributed by atoms with Crippen molar-refractivity contribution < 1.29 is 0 Å². The number of benzene rings is 1. The number of nitrogens with one attached hydrogen (secondary N) is 1. The van der Waals surface area contributed by atoms with Gasteiger partial charge in [-0.05, 0) is 48.8 Å². The fourth-order valence-electron chi connectivity index (χ4n) is 3.49. The van der Waals surface area contributed by atoms with E-state index in [1.165, 1.54) is 29.3 Å². The van der Waals surface area contributed by atoms with Crippen LogP contribution in [0.1, 0.15) is 58.1 Å². The minimum atomic E-state index is 0.487. The molecule has 0 bridgehead atoms. The maximum atomic E-state index is 3.90. The predicted octanol–water partition coefficient (Wildman–Crippen LogP) is 5.31. The van der Waals surface area contributed by atoms with E-state index in [9.17, 15) is 0 Å². The van der Waals surface area contributed by atoms with Crippen LogP contribution in [0.2, 0.25) is 0 Å². The molecule has 1 aliphatic rings. The summed E-state index contributed by atoms with van der Waals surface area (Å²) in [6.07, 6.45) is 5.21. The summed E-state index contributed by atoms with van der Waals surface area (Å²) in [4.78, 5) is 0. The van der Waals surface area contributed by atoms with Gasteiger partial charge in [0.1, 0.15) is 0 Å². The normalized spacial score (nSPS) is 28.5. The lowest BCUT2D eigenvalue weighted by atomic mass is 9.92. The van der Waals surface area contributed by atoms with E-state index in [-0.39, 0.29) is 0 Å². The third-order valence-electron chi connectivity index (χ3n) is 4.83. The topological polar surface area (TPSA) is 12.0 Å². The van der Waals surface area contributed by atoms with Crippen LogP contribution in [-0.4, -0.2) is 6.04 Å². The zero-order chi connectivity index (χ0) is 13.8. The average molecular weight is 324 g/mol. The highest BCUT2D eigenvalue weighted by Gasteiger charge is 2.32. The van der Waals surface area contributed by atoms with Crippen molar-refractivity contribution in [2.24, 2.45) is 11.8 Å². The third-order valence-corrected chi connectivity index (χ3v) is 5.32. The smallest absolute Gasteiger partial charge is 0.0320 e. The van der Waals surface area contributed by atoms with Gasteiger partial charge in [-0.2, -0.15) is 0 Å². The average Bonchev–Trinajstić information content (AvgIpc) is 2.76. The second-order valence-electron chi connectivity index (χ2n) is 5.89. The van der Waals surface area contributed by atoms with E-state index in [1.807, 2.05) is 0 Å². The van der Waals surface area contributed by atoms with Gasteiger partial charge < -0.3 is 5.32 Å². The molecule has 1 N–H and O–H groups in total. The zero-order valence-corrected chi connectivity index (χ0v) is 13.9. The van der Waals surface area contributed by atoms with Gasteiger partial charge in [-0.15, -0.1) is 0 Å². The van der Waals surface area contributed by atoms with Gasteiger partial charge in [-0.1, -0.05) is 55.3 Å². The van der Waals surface area contributed by atoms with Crippen LogP contribution in [0.15, 0.2) is 28.7 Å². The van der Waals surface area contributed by atoms with Crippen molar-refractivity contribution in [2.45, 2.75) is 58.5 Å². The number of rotatable bonds is 5. The first-order valence-electron chi connectivity index (χ1n) is 7.67. The van der Waals surface area contributed by atoms with Crippen LogP contribution in [0.25, 0.3) is 0 Å². The van der Waals surface area contributed by atoms with Crippen molar-refractivity contribution in [2.75, 3.05) is 0 Å². The first-order valence-corrected chi connectivity index (χ1v) is 8.46. The lowest BCUT2D eigenvalue weighted by Crippen LogP contribution is -2.35. The quantitative estimate of drug-likeness (QED) is 0.773. The number of hydrogen-bond donors (Lipinski definition) is 1. The molecule has 4 unspecified atom stereocenters. The molecule has 19 heavy (non-hydrogen) atoms. The molecule has 0 heterocycles. The van der Waals surface area contributed by atoms with E-state index >= 15 is 0 Å². The van der Waals surface area contributed by atoms with Crippen LogP contribution in [-0.2, 0) is 0 Å². The number of halogens is 1. The van der Waals surface area contributed by atoms with E-state index in [2.05, 4.69) is 66.3 Å². The van der Waals surface area contributed by atoms with Crippen LogP contribution in [0.3, 0.4) is 0 Å². The first kappa shape index (κ1) is 15.1. The Kier molecular flexibility index (Phi) is 5.47. The Morgan fingerprint density at radius 2 is 2.11 bits per heavy atom. The van der Waals surface area contributed by atoms with Crippen LogP contribution < -0.4 is 5.32 Å². The molecule has 2 heteroatoms. The molecule has 1 aromatic carbocycles. The summed E-state index contributed by atoms with van der Waals surface area (Å²) >= 11 is 3.58. The van der Waals surface area contributed by atoms with Crippen LogP contribution in [0, 0.1) is 11.8 Å². The van der Waals surface area contributed by atoms with Gasteiger partial charge in [0, 0.05) is 16.6 Å². The molecule has 1 nitrogen and oxygen atoms in total. The Morgan fingerprint density at radius 1 is 1.32 bits per heavy atom. The van der Waals surface area contributed by atoms with Crippen LogP contribution in [0.4, 0.5) is 0 Å². The van der Waals surface area contributed by atoms with Gasteiger partial charge in [-0.25, -0.2) is 0 Å². The van der Waals surface area contributed by atoms with Gasteiger partial charge in [0.15, 0.2) is 0 Å². The molecule has 0 aromatic heterocycles. The van der Waals surface area contributed by atoms with Crippen molar-refractivity contribution in [3.63, 3.8) is 0 Å². The standard InChI is InChI=1S/C17H26BrN/c1-4-13-9-10-17(12(13)3)19-16(5-2)14-7-6-8-15(18)11-14/h6-8,11-13,16-17,19H,4-5,9-10H2,1-3H3. The summed E-state index contributed by atoms with van der Waals surface area (Å²) < 4.78 is 1.18. The molecule has 0 saturated heterocycles. The van der Waals surface area contributed by atoms with Gasteiger partial charge in [0.05, 0.1) is 0 Å². The van der Waals surface area contributed by atoms with Crippen LogP contribution >= 0.6 is 15.9 Å². The molecule has 2 rings (SSSR count). The molecule has 106 valence electrons. The van der Waals surface area contributed by atoms with Gasteiger partial charge in [0.2, 0.25) is 0 Å². The molecule has 0 amide bonds. The monoisotopic (exact) mass is 323 g/mol. The largest absolute Gasteiger partial charge is 0.307 e. The minimum Gasteiger partial charge on any atom is -0.307 e. The van der Waals surface area contributed by atoms with Crippen LogP contribution in [0.5, 0.6) is 0 Å². The van der Waals surface area contributed by atoms with Crippen molar-refractivity contribution >= 4 is 15.9 Å². The lowest BCUT2D eigenvalue weighted by molar-refractivity contribution is 0.318. The minimum absolute atomic E-state index is 0.487. The van der Waals surface area contributed by atoms with Gasteiger partial charge in [-0.3, -0.25) is 0 Å². The van der Waals surface area contributed by atoms with Gasteiger partial charge >= 0.3 is 0 Å². The molecule has 0 radical (unpaired) electrons. The third kappa shape index (κ3) is 3.61. The molecule has 0 aliphatic heterocycles. The fourth-order valence-corrected chi connectivity index (χ4v) is 3.91. The zero-order valence-electron chi connectivity index (χ0n) is 12.3. The Hall–Kier alpha value is -0.340. The number of hydrogen-bond acceptors (Lipinski definition) is 1. The predicted molar refractivity (Wildman–Crippen MR) is 86.3 cm³/mol. The Bertz CT molecular complexity index is 404. The molecule has 1 aromatic rings. The highest BCUT2D eigenvalue weighted by Crippen LogP contribution is 2.35. The summed E-state index contributed by atoms with van der Waals surface area (Å²) in [5.74, 6) is 1.73. The highest BCUT2D eigenvalue weighted by atomic mass is 79.9. The molecule has 0 spiro atoms.